The van der Waals surface area contributed by atoms with Crippen LogP contribution in [0.15, 0.2) is 29.3 Å². The Hall–Kier alpha value is -1.56. The standard InChI is InChI=1S/C19H28F3N5O.HI/c1-3-8-24-17(28)15-6-4-5-14(10-15)11-25-18(23-2)26-16-7-9-27(12-16)13-19(20,21)22;/h4-6,10,16H,3,7-9,11-13H2,1-2H3,(H,24,28)(H2,23,25,26);1H. The van der Waals surface area contributed by atoms with Crippen LogP contribution in [0.4, 0.5) is 13.2 Å². The largest absolute Gasteiger partial charge is 0.401 e. The first-order valence-corrected chi connectivity index (χ1v) is 9.44. The molecule has 2 rings (SSSR count). The Kier molecular flexibility index (Phi) is 10.7. The van der Waals surface area contributed by atoms with Crippen LogP contribution in [0.3, 0.4) is 0 Å². The van der Waals surface area contributed by atoms with Crippen molar-refractivity contribution in [3.63, 3.8) is 0 Å². The maximum absolute atomic E-state index is 12.5. The van der Waals surface area contributed by atoms with Gasteiger partial charge in [-0.15, -0.1) is 24.0 Å². The molecule has 0 spiro atoms. The Bertz CT molecular complexity index is 684. The van der Waals surface area contributed by atoms with Gasteiger partial charge in [0.2, 0.25) is 0 Å². The summed E-state index contributed by atoms with van der Waals surface area (Å²) in [6.45, 7) is 2.92. The fourth-order valence-corrected chi connectivity index (χ4v) is 3.08. The van der Waals surface area contributed by atoms with E-state index < -0.39 is 12.7 Å². The maximum atomic E-state index is 12.5. The van der Waals surface area contributed by atoms with Gasteiger partial charge in [-0.25, -0.2) is 0 Å². The number of likely N-dealkylation sites (tertiary alicyclic amines) is 1. The molecule has 1 aromatic rings. The lowest BCUT2D eigenvalue weighted by molar-refractivity contribution is -0.143. The molecule has 6 nitrogen and oxygen atoms in total. The van der Waals surface area contributed by atoms with Gasteiger partial charge < -0.3 is 16.0 Å². The van der Waals surface area contributed by atoms with Gasteiger partial charge in [-0.05, 0) is 30.5 Å². The Balaban J connectivity index is 0.00000420. The minimum atomic E-state index is -4.18. The number of hydrogen-bond donors (Lipinski definition) is 3. The van der Waals surface area contributed by atoms with Crippen molar-refractivity contribution in [2.75, 3.05) is 33.2 Å². The monoisotopic (exact) mass is 527 g/mol. The van der Waals surface area contributed by atoms with Crippen molar-refractivity contribution in [3.8, 4) is 0 Å². The lowest BCUT2D eigenvalue weighted by Gasteiger charge is -2.20. The molecule has 1 fully saturated rings. The van der Waals surface area contributed by atoms with Crippen LogP contribution in [-0.4, -0.2) is 62.2 Å². The molecule has 1 unspecified atom stereocenters. The van der Waals surface area contributed by atoms with Crippen molar-refractivity contribution in [1.29, 1.82) is 0 Å². The predicted octanol–water partition coefficient (Wildman–Crippen LogP) is 2.75. The molecule has 1 aromatic carbocycles. The van der Waals surface area contributed by atoms with Crippen molar-refractivity contribution in [3.05, 3.63) is 35.4 Å². The molecule has 0 radical (unpaired) electrons. The van der Waals surface area contributed by atoms with E-state index in [1.165, 1.54) is 4.90 Å². The fourth-order valence-electron chi connectivity index (χ4n) is 3.08. The van der Waals surface area contributed by atoms with Crippen molar-refractivity contribution in [2.24, 2.45) is 4.99 Å². The lowest BCUT2D eigenvalue weighted by atomic mass is 10.1. The summed E-state index contributed by atoms with van der Waals surface area (Å²) in [4.78, 5) is 17.6. The molecule has 1 amide bonds. The normalized spacial score (nSPS) is 17.6. The molecule has 164 valence electrons. The number of benzene rings is 1. The van der Waals surface area contributed by atoms with Crippen LogP contribution < -0.4 is 16.0 Å². The minimum Gasteiger partial charge on any atom is -0.352 e. The van der Waals surface area contributed by atoms with E-state index in [1.54, 1.807) is 13.1 Å². The number of halogens is 4. The van der Waals surface area contributed by atoms with Crippen molar-refractivity contribution in [1.82, 2.24) is 20.9 Å². The molecule has 0 bridgehead atoms. The zero-order valence-electron chi connectivity index (χ0n) is 16.7. The molecule has 0 saturated carbocycles. The third-order valence-electron chi connectivity index (χ3n) is 4.42. The summed E-state index contributed by atoms with van der Waals surface area (Å²) in [5.41, 5.74) is 1.51. The number of guanidine groups is 1. The molecule has 29 heavy (non-hydrogen) atoms. The highest BCUT2D eigenvalue weighted by Gasteiger charge is 2.34. The summed E-state index contributed by atoms with van der Waals surface area (Å²) in [5, 5.41) is 9.16. The van der Waals surface area contributed by atoms with Gasteiger partial charge in [0, 0.05) is 44.8 Å². The average Bonchev–Trinajstić information content (AvgIpc) is 3.08. The Labute approximate surface area is 186 Å². The zero-order chi connectivity index (χ0) is 20.6. The molecule has 1 saturated heterocycles. The SMILES string of the molecule is CCCNC(=O)c1cccc(CNC(=NC)NC2CCN(CC(F)(F)F)C2)c1.I. The first kappa shape index (κ1) is 25.5. The van der Waals surface area contributed by atoms with Crippen LogP contribution in [0, 0.1) is 0 Å². The molecular formula is C19H29F3IN5O. The maximum Gasteiger partial charge on any atom is 0.401 e. The number of nitrogens with zero attached hydrogens (tertiary/aromatic N) is 2. The highest BCUT2D eigenvalue weighted by Crippen LogP contribution is 2.19. The van der Waals surface area contributed by atoms with Gasteiger partial charge in [0.05, 0.1) is 6.54 Å². The van der Waals surface area contributed by atoms with Gasteiger partial charge in [-0.2, -0.15) is 13.2 Å². The van der Waals surface area contributed by atoms with Crippen LogP contribution in [0.1, 0.15) is 35.7 Å². The highest BCUT2D eigenvalue weighted by atomic mass is 127. The van der Waals surface area contributed by atoms with Crippen LogP contribution in [0.25, 0.3) is 0 Å². The first-order valence-electron chi connectivity index (χ1n) is 9.44. The second kappa shape index (κ2) is 12.2. The zero-order valence-corrected chi connectivity index (χ0v) is 19.0. The van der Waals surface area contributed by atoms with E-state index in [2.05, 4.69) is 20.9 Å². The van der Waals surface area contributed by atoms with E-state index in [4.69, 9.17) is 0 Å². The van der Waals surface area contributed by atoms with Crippen LogP contribution in [-0.2, 0) is 6.54 Å². The van der Waals surface area contributed by atoms with Gasteiger partial charge in [0.15, 0.2) is 5.96 Å². The van der Waals surface area contributed by atoms with Crippen LogP contribution in [0.2, 0.25) is 0 Å². The Morgan fingerprint density at radius 3 is 2.72 bits per heavy atom. The summed E-state index contributed by atoms with van der Waals surface area (Å²) in [7, 11) is 1.62. The number of alkyl halides is 3. The quantitative estimate of drug-likeness (QED) is 0.290. The molecule has 1 atom stereocenters. The molecule has 3 N–H and O–H groups in total. The Morgan fingerprint density at radius 1 is 1.31 bits per heavy atom. The number of hydrogen-bond acceptors (Lipinski definition) is 3. The fraction of sp³-hybridized carbons (Fsp3) is 0.579. The molecule has 1 aliphatic rings. The second-order valence-electron chi connectivity index (χ2n) is 6.86. The van der Waals surface area contributed by atoms with E-state index in [9.17, 15) is 18.0 Å². The summed E-state index contributed by atoms with van der Waals surface area (Å²) in [6, 6.07) is 7.21. The van der Waals surface area contributed by atoms with E-state index in [0.29, 0.717) is 44.1 Å². The van der Waals surface area contributed by atoms with Gasteiger partial charge in [0.1, 0.15) is 0 Å². The molecule has 10 heteroatoms. The lowest BCUT2D eigenvalue weighted by Crippen LogP contribution is -2.44. The summed E-state index contributed by atoms with van der Waals surface area (Å²) >= 11 is 0. The smallest absolute Gasteiger partial charge is 0.352 e. The van der Waals surface area contributed by atoms with Crippen molar-refractivity contribution >= 4 is 35.8 Å². The van der Waals surface area contributed by atoms with E-state index in [-0.39, 0.29) is 35.9 Å². The van der Waals surface area contributed by atoms with Crippen molar-refractivity contribution < 1.29 is 18.0 Å². The molecule has 1 aliphatic heterocycles. The first-order chi connectivity index (χ1) is 13.3. The third kappa shape index (κ3) is 9.20. The Morgan fingerprint density at radius 2 is 2.07 bits per heavy atom. The van der Waals surface area contributed by atoms with Gasteiger partial charge in [-0.1, -0.05) is 19.1 Å². The number of rotatable bonds is 7. The summed E-state index contributed by atoms with van der Waals surface area (Å²) in [6.07, 6.45) is -2.68. The topological polar surface area (TPSA) is 68.8 Å². The summed E-state index contributed by atoms with van der Waals surface area (Å²) < 4.78 is 37.5. The number of carbonyl (C=O) groups excluding carboxylic acids is 1. The van der Waals surface area contributed by atoms with E-state index in [0.717, 1.165) is 12.0 Å². The third-order valence-corrected chi connectivity index (χ3v) is 4.42. The average molecular weight is 527 g/mol. The number of carbonyl (C=O) groups is 1. The van der Waals surface area contributed by atoms with Crippen molar-refractivity contribution in [2.45, 2.75) is 38.5 Å². The van der Waals surface area contributed by atoms with Gasteiger partial charge >= 0.3 is 6.18 Å². The molecule has 0 aromatic heterocycles. The van der Waals surface area contributed by atoms with Crippen LogP contribution >= 0.6 is 24.0 Å². The number of aliphatic imine (C=N–C) groups is 1. The minimum absolute atomic E-state index is 0. The highest BCUT2D eigenvalue weighted by molar-refractivity contribution is 14.0. The molecule has 1 heterocycles. The summed E-state index contributed by atoms with van der Waals surface area (Å²) in [5.74, 6) is 0.418. The van der Waals surface area contributed by atoms with Gasteiger partial charge in [-0.3, -0.25) is 14.7 Å². The van der Waals surface area contributed by atoms with Gasteiger partial charge in [0.25, 0.3) is 5.91 Å². The number of amides is 1. The number of nitrogens with one attached hydrogen (secondary N) is 3. The van der Waals surface area contributed by atoms with E-state index in [1.807, 2.05) is 25.1 Å². The molecular weight excluding hydrogens is 498 g/mol. The van der Waals surface area contributed by atoms with Crippen LogP contribution in [0.5, 0.6) is 0 Å². The molecule has 0 aliphatic carbocycles. The van der Waals surface area contributed by atoms with E-state index >= 15 is 0 Å². The second-order valence-corrected chi connectivity index (χ2v) is 6.86. The predicted molar refractivity (Wildman–Crippen MR) is 119 cm³/mol.